The number of halogens is 2. The van der Waals surface area contributed by atoms with Crippen molar-refractivity contribution in [3.05, 3.63) is 147 Å². The molecule has 4 aromatic heterocycles. The molecule has 2 N–H and O–H groups in total. The van der Waals surface area contributed by atoms with E-state index in [0.717, 1.165) is 22.3 Å². The van der Waals surface area contributed by atoms with Crippen molar-refractivity contribution in [1.82, 2.24) is 24.8 Å². The minimum atomic E-state index is -0.293. The van der Waals surface area contributed by atoms with Crippen LogP contribution in [-0.4, -0.2) is 31.3 Å². The van der Waals surface area contributed by atoms with Crippen molar-refractivity contribution in [2.45, 2.75) is 27.0 Å². The number of carbonyl (C=O) groups excluding carboxylic acids is 2. The average molecular weight is 678 g/mol. The van der Waals surface area contributed by atoms with Gasteiger partial charge in [-0.2, -0.15) is 0 Å². The van der Waals surface area contributed by atoms with Gasteiger partial charge in [0.15, 0.2) is 0 Å². The lowest BCUT2D eigenvalue weighted by Crippen LogP contribution is -2.21. The van der Waals surface area contributed by atoms with Crippen LogP contribution in [-0.2, 0) is 17.9 Å². The topological polar surface area (TPSA) is 111 Å². The van der Waals surface area contributed by atoms with Crippen LogP contribution < -0.4 is 15.4 Å². The molecule has 0 aliphatic carbocycles. The van der Waals surface area contributed by atoms with Gasteiger partial charge in [-0.05, 0) is 86.2 Å². The van der Waals surface area contributed by atoms with E-state index in [1.54, 1.807) is 55.7 Å². The second-order valence-electron chi connectivity index (χ2n) is 10.9. The highest BCUT2D eigenvalue weighted by Gasteiger charge is 2.16. The molecule has 6 rings (SSSR count). The molecule has 240 valence electrons. The van der Waals surface area contributed by atoms with Crippen LogP contribution in [0.25, 0.3) is 22.7 Å². The molecule has 0 unspecified atom stereocenters. The van der Waals surface area contributed by atoms with Gasteiger partial charge in [-0.1, -0.05) is 41.4 Å². The first kappa shape index (κ1) is 32.4. The lowest BCUT2D eigenvalue weighted by Gasteiger charge is -2.16. The standard InChI is InChI=1S/C37H30Cl2N6O3/c1-23-10-13-26-6-3-9-32(36(26)43-23)48-22-29-30(38)14-15-31(35(29)39)45-19-5-7-27(45)21-42-34(46)17-12-25-11-16-33(41-20-25)44-37(47)28-8-4-18-40-24(28)2/h3-20H,21-22H2,1-2H3,(H,42,46)(H,41,44,47)/b17-12+. The molecule has 0 radical (unpaired) electrons. The van der Waals surface area contributed by atoms with Gasteiger partial charge in [0.1, 0.15) is 23.7 Å². The Kier molecular flexibility index (Phi) is 9.80. The third kappa shape index (κ3) is 7.38. The third-order valence-corrected chi connectivity index (χ3v) is 8.38. The molecule has 4 heterocycles. The van der Waals surface area contributed by atoms with Crippen LogP contribution in [0.15, 0.2) is 104 Å². The van der Waals surface area contributed by atoms with Crippen LogP contribution in [0.2, 0.25) is 10.0 Å². The summed E-state index contributed by atoms with van der Waals surface area (Å²) >= 11 is 13.5. The number of nitrogens with one attached hydrogen (secondary N) is 2. The summed E-state index contributed by atoms with van der Waals surface area (Å²) in [5.41, 5.74) is 5.62. The number of ether oxygens (including phenoxy) is 1. The number of nitrogens with zero attached hydrogens (tertiary/aromatic N) is 4. The summed E-state index contributed by atoms with van der Waals surface area (Å²) < 4.78 is 8.08. The molecule has 2 amide bonds. The molecule has 0 bridgehead atoms. The summed E-state index contributed by atoms with van der Waals surface area (Å²) in [5, 5.41) is 7.57. The average Bonchev–Trinajstić information content (AvgIpc) is 3.55. The first-order chi connectivity index (χ1) is 23.3. The number of hydrogen-bond donors (Lipinski definition) is 2. The minimum Gasteiger partial charge on any atom is -0.487 e. The van der Waals surface area contributed by atoms with E-state index in [4.69, 9.17) is 27.9 Å². The molecule has 9 nitrogen and oxygen atoms in total. The van der Waals surface area contributed by atoms with Crippen molar-refractivity contribution in [1.29, 1.82) is 0 Å². The predicted octanol–water partition coefficient (Wildman–Crippen LogP) is 7.90. The first-order valence-electron chi connectivity index (χ1n) is 15.0. The van der Waals surface area contributed by atoms with Gasteiger partial charge in [0.25, 0.3) is 5.91 Å². The van der Waals surface area contributed by atoms with Crippen molar-refractivity contribution in [3.63, 3.8) is 0 Å². The fourth-order valence-corrected chi connectivity index (χ4v) is 5.65. The Hall–Kier alpha value is -5.51. The zero-order chi connectivity index (χ0) is 33.6. The Morgan fingerprint density at radius 2 is 1.81 bits per heavy atom. The molecule has 2 aromatic carbocycles. The Morgan fingerprint density at radius 1 is 0.938 bits per heavy atom. The van der Waals surface area contributed by atoms with Crippen molar-refractivity contribution in [3.8, 4) is 11.4 Å². The van der Waals surface area contributed by atoms with E-state index >= 15 is 0 Å². The van der Waals surface area contributed by atoms with E-state index in [0.29, 0.717) is 49.7 Å². The SMILES string of the molecule is Cc1ccc2cccc(OCc3c(Cl)ccc(-n4cccc4CNC(=O)/C=C/c4ccc(NC(=O)c5cccnc5C)nc4)c3Cl)c2n1. The van der Waals surface area contributed by atoms with Crippen LogP contribution in [0.5, 0.6) is 5.75 Å². The van der Waals surface area contributed by atoms with Gasteiger partial charge in [-0.3, -0.25) is 14.6 Å². The molecular formula is C37H30Cl2N6O3. The molecule has 0 spiro atoms. The Bertz CT molecular complexity index is 2160. The van der Waals surface area contributed by atoms with Crippen molar-refractivity contribution < 1.29 is 14.3 Å². The van der Waals surface area contributed by atoms with Crippen molar-refractivity contribution in [2.75, 3.05) is 5.32 Å². The number of pyridine rings is 3. The quantitative estimate of drug-likeness (QED) is 0.143. The third-order valence-electron chi connectivity index (χ3n) is 7.60. The highest BCUT2D eigenvalue weighted by atomic mass is 35.5. The molecule has 48 heavy (non-hydrogen) atoms. The molecule has 0 aliphatic rings. The number of fused-ring (bicyclic) bond motifs is 1. The predicted molar refractivity (Wildman–Crippen MR) is 189 cm³/mol. The molecular weight excluding hydrogens is 647 g/mol. The van der Waals surface area contributed by atoms with Crippen LogP contribution in [0.4, 0.5) is 5.82 Å². The van der Waals surface area contributed by atoms with Crippen molar-refractivity contribution in [2.24, 2.45) is 0 Å². The van der Waals surface area contributed by atoms with E-state index in [9.17, 15) is 9.59 Å². The highest BCUT2D eigenvalue weighted by Crippen LogP contribution is 2.33. The van der Waals surface area contributed by atoms with Gasteiger partial charge < -0.3 is 19.9 Å². The highest BCUT2D eigenvalue weighted by molar-refractivity contribution is 6.37. The van der Waals surface area contributed by atoms with E-state index in [1.807, 2.05) is 66.2 Å². The maximum absolute atomic E-state index is 12.7. The van der Waals surface area contributed by atoms with E-state index < -0.39 is 0 Å². The fourth-order valence-electron chi connectivity index (χ4n) is 5.08. The van der Waals surface area contributed by atoms with Gasteiger partial charge in [-0.15, -0.1) is 0 Å². The number of para-hydroxylation sites is 1. The van der Waals surface area contributed by atoms with Crippen LogP contribution in [0.3, 0.4) is 0 Å². The van der Waals surface area contributed by atoms with Crippen LogP contribution in [0.1, 0.15) is 38.6 Å². The van der Waals surface area contributed by atoms with Gasteiger partial charge >= 0.3 is 0 Å². The number of carbonyl (C=O) groups is 2. The summed E-state index contributed by atoms with van der Waals surface area (Å²) in [6.45, 7) is 4.10. The summed E-state index contributed by atoms with van der Waals surface area (Å²) in [5.74, 6) is 0.448. The molecule has 0 saturated carbocycles. The van der Waals surface area contributed by atoms with Gasteiger partial charge in [0.2, 0.25) is 5.91 Å². The van der Waals surface area contributed by atoms with E-state index in [2.05, 4.69) is 25.6 Å². The largest absolute Gasteiger partial charge is 0.487 e. The molecule has 0 aliphatic heterocycles. The molecule has 0 fully saturated rings. The van der Waals surface area contributed by atoms with E-state index in [-0.39, 0.29) is 25.0 Å². The minimum absolute atomic E-state index is 0.144. The maximum atomic E-state index is 12.7. The number of aryl methyl sites for hydroxylation is 2. The lowest BCUT2D eigenvalue weighted by molar-refractivity contribution is -0.116. The smallest absolute Gasteiger partial charge is 0.258 e. The second-order valence-corrected chi connectivity index (χ2v) is 11.7. The first-order valence-corrected chi connectivity index (χ1v) is 15.8. The van der Waals surface area contributed by atoms with E-state index in [1.165, 1.54) is 6.08 Å². The normalized spacial score (nSPS) is 11.2. The van der Waals surface area contributed by atoms with Crippen molar-refractivity contribution >= 4 is 57.8 Å². The fraction of sp³-hybridized carbons (Fsp3) is 0.108. The number of benzene rings is 2. The number of anilines is 1. The molecule has 0 atom stereocenters. The molecule has 6 aromatic rings. The Balaban J connectivity index is 1.09. The Morgan fingerprint density at radius 3 is 2.62 bits per heavy atom. The molecule has 11 heteroatoms. The number of aromatic nitrogens is 4. The maximum Gasteiger partial charge on any atom is 0.258 e. The summed E-state index contributed by atoms with van der Waals surface area (Å²) in [7, 11) is 0. The lowest BCUT2D eigenvalue weighted by atomic mass is 10.1. The Labute approximate surface area is 287 Å². The zero-order valence-electron chi connectivity index (χ0n) is 26.1. The molecule has 0 saturated heterocycles. The summed E-state index contributed by atoms with van der Waals surface area (Å²) in [6, 6.07) is 24.0. The van der Waals surface area contributed by atoms with Gasteiger partial charge in [-0.25, -0.2) is 9.97 Å². The number of rotatable bonds is 10. The van der Waals surface area contributed by atoms with Gasteiger partial charge in [0, 0.05) is 57.7 Å². The van der Waals surface area contributed by atoms with Gasteiger partial charge in [0.05, 0.1) is 22.8 Å². The summed E-state index contributed by atoms with van der Waals surface area (Å²) in [4.78, 5) is 38.3. The van der Waals surface area contributed by atoms with Crippen LogP contribution in [0, 0.1) is 13.8 Å². The van der Waals surface area contributed by atoms with Crippen LogP contribution >= 0.6 is 23.2 Å². The zero-order valence-corrected chi connectivity index (χ0v) is 27.6. The second kappa shape index (κ2) is 14.5. The number of amides is 2. The number of hydrogen-bond acceptors (Lipinski definition) is 6. The monoisotopic (exact) mass is 676 g/mol. The summed E-state index contributed by atoms with van der Waals surface area (Å²) in [6.07, 6.45) is 8.15.